The van der Waals surface area contributed by atoms with Crippen LogP contribution in [0.2, 0.25) is 0 Å². The molecule has 2 aromatic carbocycles. The molecule has 0 bridgehead atoms. The third-order valence-corrected chi connectivity index (χ3v) is 4.17. The Morgan fingerprint density at radius 1 is 1.12 bits per heavy atom. The number of ether oxygens (including phenoxy) is 2. The summed E-state index contributed by atoms with van der Waals surface area (Å²) in [7, 11) is 1.31. The normalized spacial score (nSPS) is 11.0. The average Bonchev–Trinajstić information content (AvgIpc) is 2.59. The largest absolute Gasteiger partial charge is 0.483 e. The van der Waals surface area contributed by atoms with Crippen molar-refractivity contribution in [2.75, 3.05) is 19.0 Å². The molecule has 0 fully saturated rings. The van der Waals surface area contributed by atoms with Gasteiger partial charge in [0.15, 0.2) is 6.61 Å². The van der Waals surface area contributed by atoms with Gasteiger partial charge in [-0.2, -0.15) is 0 Å². The minimum Gasteiger partial charge on any atom is -0.483 e. The predicted octanol–water partition coefficient (Wildman–Crippen LogP) is 4.55. The molecule has 0 heterocycles. The molecule has 26 heavy (non-hydrogen) atoms. The fourth-order valence-electron chi connectivity index (χ4n) is 2.40. The van der Waals surface area contributed by atoms with Crippen molar-refractivity contribution in [3.63, 3.8) is 0 Å². The maximum Gasteiger partial charge on any atom is 0.337 e. The van der Waals surface area contributed by atoms with E-state index in [9.17, 15) is 9.59 Å². The van der Waals surface area contributed by atoms with Crippen molar-refractivity contribution in [3.8, 4) is 5.75 Å². The smallest absolute Gasteiger partial charge is 0.337 e. The topological polar surface area (TPSA) is 64.6 Å². The van der Waals surface area contributed by atoms with Crippen LogP contribution in [0, 0.1) is 0 Å². The number of nitrogens with one attached hydrogen (secondary N) is 1. The van der Waals surface area contributed by atoms with Gasteiger partial charge in [-0.1, -0.05) is 42.8 Å². The summed E-state index contributed by atoms with van der Waals surface area (Å²) in [4.78, 5) is 23.8. The lowest BCUT2D eigenvalue weighted by Gasteiger charge is -2.23. The Labute approximate surface area is 161 Å². The number of carbonyl (C=O) groups is 2. The number of amides is 1. The molecule has 2 rings (SSSR count). The summed E-state index contributed by atoms with van der Waals surface area (Å²) in [5.41, 5.74) is 1.76. The number of halogens is 1. The van der Waals surface area contributed by atoms with Gasteiger partial charge in [0.25, 0.3) is 5.91 Å². The Hall–Kier alpha value is -2.34. The van der Waals surface area contributed by atoms with Crippen LogP contribution in [0.15, 0.2) is 46.9 Å². The highest BCUT2D eigenvalue weighted by atomic mass is 79.9. The molecule has 138 valence electrons. The molecule has 2 aromatic rings. The molecule has 1 amide bonds. The third-order valence-electron chi connectivity index (χ3n) is 3.68. The Bertz CT molecular complexity index is 812. The van der Waals surface area contributed by atoms with Gasteiger partial charge < -0.3 is 14.8 Å². The van der Waals surface area contributed by atoms with Crippen molar-refractivity contribution in [2.45, 2.75) is 26.2 Å². The molecule has 0 radical (unpaired) electrons. The quantitative estimate of drug-likeness (QED) is 0.721. The lowest BCUT2D eigenvalue weighted by Crippen LogP contribution is -2.22. The molecule has 6 heteroatoms. The zero-order chi connectivity index (χ0) is 19.3. The summed E-state index contributed by atoms with van der Waals surface area (Å²) < 4.78 is 11.4. The summed E-state index contributed by atoms with van der Waals surface area (Å²) in [6.45, 7) is 6.12. The Balaban J connectivity index is 2.05. The van der Waals surface area contributed by atoms with E-state index in [-0.39, 0.29) is 17.9 Å². The Kier molecular flexibility index (Phi) is 6.42. The van der Waals surface area contributed by atoms with Gasteiger partial charge in [-0.05, 0) is 41.8 Å². The minimum absolute atomic E-state index is 0.121. The highest BCUT2D eigenvalue weighted by Crippen LogP contribution is 2.33. The lowest BCUT2D eigenvalue weighted by atomic mass is 9.86. The standard InChI is InChI=1S/C20H22BrNO4/c1-20(2,3)16-11-14(21)8-9-17(16)26-12-18(23)22-15-7-5-6-13(10-15)19(24)25-4/h5-11H,12H2,1-4H3,(H,22,23). The molecule has 0 aliphatic rings. The Morgan fingerprint density at radius 3 is 2.50 bits per heavy atom. The van der Waals surface area contributed by atoms with Crippen molar-refractivity contribution in [2.24, 2.45) is 0 Å². The van der Waals surface area contributed by atoms with Gasteiger partial charge in [0.05, 0.1) is 12.7 Å². The number of methoxy groups -OCH3 is 1. The van der Waals surface area contributed by atoms with E-state index in [4.69, 9.17) is 4.74 Å². The van der Waals surface area contributed by atoms with Crippen molar-refractivity contribution in [1.82, 2.24) is 0 Å². The van der Waals surface area contributed by atoms with Gasteiger partial charge in [0.1, 0.15) is 5.75 Å². The van der Waals surface area contributed by atoms with Crippen LogP contribution in [0.25, 0.3) is 0 Å². The summed E-state index contributed by atoms with van der Waals surface area (Å²) in [6.07, 6.45) is 0. The van der Waals surface area contributed by atoms with Crippen LogP contribution in [0.4, 0.5) is 5.69 Å². The number of rotatable bonds is 5. The highest BCUT2D eigenvalue weighted by molar-refractivity contribution is 9.10. The molecule has 0 spiro atoms. The second-order valence-electron chi connectivity index (χ2n) is 6.80. The van der Waals surface area contributed by atoms with E-state index < -0.39 is 5.97 Å². The van der Waals surface area contributed by atoms with Gasteiger partial charge in [-0.15, -0.1) is 0 Å². The second-order valence-corrected chi connectivity index (χ2v) is 7.72. The zero-order valence-electron chi connectivity index (χ0n) is 15.3. The molecule has 0 atom stereocenters. The van der Waals surface area contributed by atoms with E-state index in [2.05, 4.69) is 46.8 Å². The molecule has 1 N–H and O–H groups in total. The van der Waals surface area contributed by atoms with Gasteiger partial charge in [-0.3, -0.25) is 4.79 Å². The van der Waals surface area contributed by atoms with Gasteiger partial charge >= 0.3 is 5.97 Å². The average molecular weight is 420 g/mol. The fraction of sp³-hybridized carbons (Fsp3) is 0.300. The van der Waals surface area contributed by atoms with Gasteiger partial charge in [0, 0.05) is 15.7 Å². The lowest BCUT2D eigenvalue weighted by molar-refractivity contribution is -0.118. The summed E-state index contributed by atoms with van der Waals surface area (Å²) in [6, 6.07) is 12.3. The van der Waals surface area contributed by atoms with Crippen LogP contribution >= 0.6 is 15.9 Å². The highest BCUT2D eigenvalue weighted by Gasteiger charge is 2.20. The van der Waals surface area contributed by atoms with Crippen LogP contribution < -0.4 is 10.1 Å². The number of benzene rings is 2. The van der Waals surface area contributed by atoms with E-state index in [1.54, 1.807) is 24.3 Å². The molecule has 5 nitrogen and oxygen atoms in total. The third kappa shape index (κ3) is 5.33. The summed E-state index contributed by atoms with van der Waals surface area (Å²) in [5, 5.41) is 2.72. The fourth-order valence-corrected chi connectivity index (χ4v) is 2.76. The van der Waals surface area contributed by atoms with Crippen molar-refractivity contribution in [3.05, 3.63) is 58.1 Å². The molecule has 0 aliphatic heterocycles. The first kappa shape index (κ1) is 20.0. The van der Waals surface area contributed by atoms with Crippen LogP contribution in [-0.2, 0) is 14.9 Å². The molecular formula is C20H22BrNO4. The van der Waals surface area contributed by atoms with E-state index >= 15 is 0 Å². The van der Waals surface area contributed by atoms with E-state index in [0.29, 0.717) is 17.0 Å². The van der Waals surface area contributed by atoms with Crippen LogP contribution in [0.5, 0.6) is 5.75 Å². The SMILES string of the molecule is COC(=O)c1cccc(NC(=O)COc2ccc(Br)cc2C(C)(C)C)c1. The molecule has 0 unspecified atom stereocenters. The monoisotopic (exact) mass is 419 g/mol. The number of esters is 1. The molecule has 0 saturated carbocycles. The number of hydrogen-bond acceptors (Lipinski definition) is 4. The first-order valence-electron chi connectivity index (χ1n) is 8.12. The summed E-state index contributed by atoms with van der Waals surface area (Å²) in [5.74, 6) is -0.101. The van der Waals surface area contributed by atoms with Crippen molar-refractivity contribution in [1.29, 1.82) is 0 Å². The maximum atomic E-state index is 12.2. The first-order valence-corrected chi connectivity index (χ1v) is 8.91. The second kappa shape index (κ2) is 8.36. The Morgan fingerprint density at radius 2 is 1.85 bits per heavy atom. The van der Waals surface area contributed by atoms with Gasteiger partial charge in [-0.25, -0.2) is 4.79 Å². The van der Waals surface area contributed by atoms with Crippen molar-refractivity contribution >= 4 is 33.5 Å². The van der Waals surface area contributed by atoms with E-state index in [1.807, 2.05) is 18.2 Å². The number of carbonyl (C=O) groups excluding carboxylic acids is 2. The van der Waals surface area contributed by atoms with E-state index in [0.717, 1.165) is 10.0 Å². The molecule has 0 saturated heterocycles. The molecule has 0 aromatic heterocycles. The van der Waals surface area contributed by atoms with Gasteiger partial charge in [0.2, 0.25) is 0 Å². The zero-order valence-corrected chi connectivity index (χ0v) is 16.8. The van der Waals surface area contributed by atoms with Crippen LogP contribution in [-0.4, -0.2) is 25.6 Å². The van der Waals surface area contributed by atoms with Crippen LogP contribution in [0.3, 0.4) is 0 Å². The van der Waals surface area contributed by atoms with Crippen LogP contribution in [0.1, 0.15) is 36.7 Å². The van der Waals surface area contributed by atoms with Crippen molar-refractivity contribution < 1.29 is 19.1 Å². The number of anilines is 1. The maximum absolute atomic E-state index is 12.2. The predicted molar refractivity (Wildman–Crippen MR) is 105 cm³/mol. The minimum atomic E-state index is -0.456. The number of hydrogen-bond donors (Lipinski definition) is 1. The summed E-state index contributed by atoms with van der Waals surface area (Å²) >= 11 is 3.46. The molecular weight excluding hydrogens is 398 g/mol. The molecule has 0 aliphatic carbocycles. The van der Waals surface area contributed by atoms with E-state index in [1.165, 1.54) is 7.11 Å². The first-order chi connectivity index (χ1) is 12.2.